The Bertz CT molecular complexity index is 689. The summed E-state index contributed by atoms with van der Waals surface area (Å²) in [7, 11) is 0. The monoisotopic (exact) mass is 282 g/mol. The van der Waals surface area contributed by atoms with Gasteiger partial charge in [-0.25, -0.2) is 0 Å². The minimum atomic E-state index is -0.105. The van der Waals surface area contributed by atoms with Gasteiger partial charge in [0.2, 0.25) is 0 Å². The number of aliphatic hydroxyl groups is 1. The highest BCUT2D eigenvalue weighted by Crippen LogP contribution is 2.80. The van der Waals surface area contributed by atoms with Crippen LogP contribution in [0.2, 0.25) is 0 Å². The molecular formula is C19H22O2. The summed E-state index contributed by atoms with van der Waals surface area (Å²) < 4.78 is 0. The molecule has 0 radical (unpaired) electrons. The minimum Gasteiger partial charge on any atom is -0.508 e. The van der Waals surface area contributed by atoms with E-state index in [0.717, 1.165) is 38.0 Å². The lowest BCUT2D eigenvalue weighted by atomic mass is 9.59. The van der Waals surface area contributed by atoms with Gasteiger partial charge in [-0.1, -0.05) is 18.6 Å². The highest BCUT2D eigenvalue weighted by atomic mass is 16.3. The molecule has 2 nitrogen and oxygen atoms in total. The zero-order chi connectivity index (χ0) is 14.4. The van der Waals surface area contributed by atoms with Gasteiger partial charge in [-0.2, -0.15) is 0 Å². The predicted molar refractivity (Wildman–Crippen MR) is 81.9 cm³/mol. The molecule has 0 heterocycles. The van der Waals surface area contributed by atoms with Crippen molar-refractivity contribution in [3.8, 4) is 5.75 Å². The SMILES string of the molecule is CC12CCC3=C(CCc4cc(O)ccc43)C13CC3CC2O. The third-order valence-electron chi connectivity index (χ3n) is 7.22. The predicted octanol–water partition coefficient (Wildman–Crippen LogP) is 3.66. The van der Waals surface area contributed by atoms with Crippen LogP contribution in [0.25, 0.3) is 5.57 Å². The Hall–Kier alpha value is -1.28. The average Bonchev–Trinajstić information content (AvgIpc) is 3.12. The van der Waals surface area contributed by atoms with Crippen LogP contribution in [-0.4, -0.2) is 16.3 Å². The maximum Gasteiger partial charge on any atom is 0.115 e. The lowest BCUT2D eigenvalue weighted by Crippen LogP contribution is -2.41. The second-order valence-electron chi connectivity index (χ2n) is 7.84. The van der Waals surface area contributed by atoms with Crippen LogP contribution in [0.3, 0.4) is 0 Å². The van der Waals surface area contributed by atoms with Gasteiger partial charge in [-0.05, 0) is 73.3 Å². The summed E-state index contributed by atoms with van der Waals surface area (Å²) in [4.78, 5) is 0. The van der Waals surface area contributed by atoms with Crippen molar-refractivity contribution in [3.05, 3.63) is 34.9 Å². The number of allylic oxidation sites excluding steroid dienone is 2. The van der Waals surface area contributed by atoms with Crippen LogP contribution >= 0.6 is 0 Å². The van der Waals surface area contributed by atoms with Crippen LogP contribution in [0.4, 0.5) is 0 Å². The third-order valence-corrected chi connectivity index (χ3v) is 7.22. The molecule has 2 N–H and O–H groups in total. The molecule has 0 bridgehead atoms. The van der Waals surface area contributed by atoms with Gasteiger partial charge >= 0.3 is 0 Å². The van der Waals surface area contributed by atoms with Gasteiger partial charge in [0, 0.05) is 10.8 Å². The number of fused-ring (bicyclic) bond motifs is 2. The second kappa shape index (κ2) is 3.55. The van der Waals surface area contributed by atoms with Crippen molar-refractivity contribution in [2.75, 3.05) is 0 Å². The van der Waals surface area contributed by atoms with Crippen LogP contribution in [0.1, 0.15) is 50.2 Å². The molecule has 0 amide bonds. The minimum absolute atomic E-state index is 0.105. The Labute approximate surface area is 125 Å². The quantitative estimate of drug-likeness (QED) is 0.762. The van der Waals surface area contributed by atoms with Gasteiger partial charge in [0.25, 0.3) is 0 Å². The fourth-order valence-corrected chi connectivity index (χ4v) is 6.06. The van der Waals surface area contributed by atoms with Crippen LogP contribution in [-0.2, 0) is 6.42 Å². The molecule has 2 heteroatoms. The van der Waals surface area contributed by atoms with Gasteiger partial charge in [0.15, 0.2) is 0 Å². The van der Waals surface area contributed by atoms with E-state index < -0.39 is 0 Å². The number of phenolic OH excluding ortho intramolecular Hbond substituents is 1. The first kappa shape index (κ1) is 12.3. The van der Waals surface area contributed by atoms with Crippen molar-refractivity contribution in [2.45, 2.75) is 51.6 Å². The molecule has 0 aliphatic heterocycles. The van der Waals surface area contributed by atoms with Crippen molar-refractivity contribution in [3.63, 3.8) is 0 Å². The number of rotatable bonds is 0. The third kappa shape index (κ3) is 1.25. The van der Waals surface area contributed by atoms with Crippen LogP contribution < -0.4 is 0 Å². The number of phenols is 1. The number of aromatic hydroxyl groups is 1. The molecule has 1 spiro atoms. The van der Waals surface area contributed by atoms with Gasteiger partial charge in [-0.3, -0.25) is 0 Å². The van der Waals surface area contributed by atoms with Gasteiger partial charge in [0.05, 0.1) is 6.10 Å². The van der Waals surface area contributed by atoms with E-state index in [4.69, 9.17) is 0 Å². The Balaban J connectivity index is 1.70. The molecule has 0 aromatic heterocycles. The molecule has 5 rings (SSSR count). The molecule has 4 aliphatic rings. The smallest absolute Gasteiger partial charge is 0.115 e. The molecule has 21 heavy (non-hydrogen) atoms. The summed E-state index contributed by atoms with van der Waals surface area (Å²) in [6, 6.07) is 5.88. The molecule has 2 saturated carbocycles. The summed E-state index contributed by atoms with van der Waals surface area (Å²) in [5, 5.41) is 20.3. The summed E-state index contributed by atoms with van der Waals surface area (Å²) in [6.07, 6.45) is 6.58. The molecule has 1 aromatic rings. The standard InChI is InChI=1S/C19H22O2/c1-18-7-6-15-14-4-3-13(20)8-11(14)2-5-16(15)19(18)10-12(19)9-17(18)21/h3-4,8,12,17,20-21H,2,5-7,9-10H2,1H3. The Morgan fingerprint density at radius 1 is 1.19 bits per heavy atom. The molecule has 0 saturated heterocycles. The highest BCUT2D eigenvalue weighted by Gasteiger charge is 2.74. The van der Waals surface area contributed by atoms with E-state index in [2.05, 4.69) is 13.0 Å². The zero-order valence-electron chi connectivity index (χ0n) is 12.5. The fourth-order valence-electron chi connectivity index (χ4n) is 6.06. The average molecular weight is 282 g/mol. The maximum atomic E-state index is 10.5. The normalized spacial score (nSPS) is 43.0. The highest BCUT2D eigenvalue weighted by molar-refractivity contribution is 5.77. The first-order chi connectivity index (χ1) is 10.1. The van der Waals surface area contributed by atoms with Crippen molar-refractivity contribution in [1.29, 1.82) is 0 Å². The van der Waals surface area contributed by atoms with Crippen molar-refractivity contribution >= 4 is 5.57 Å². The topological polar surface area (TPSA) is 40.5 Å². The molecular weight excluding hydrogens is 260 g/mol. The lowest BCUT2D eigenvalue weighted by Gasteiger charge is -2.46. The lowest BCUT2D eigenvalue weighted by molar-refractivity contribution is 0.0114. The summed E-state index contributed by atoms with van der Waals surface area (Å²) in [5.74, 6) is 1.11. The Morgan fingerprint density at radius 3 is 2.90 bits per heavy atom. The van der Waals surface area contributed by atoms with Crippen LogP contribution in [0.15, 0.2) is 23.8 Å². The van der Waals surface area contributed by atoms with E-state index >= 15 is 0 Å². The maximum absolute atomic E-state index is 10.5. The van der Waals surface area contributed by atoms with E-state index in [1.807, 2.05) is 12.1 Å². The van der Waals surface area contributed by atoms with Crippen LogP contribution in [0, 0.1) is 16.7 Å². The molecule has 2 fully saturated rings. The summed E-state index contributed by atoms with van der Waals surface area (Å²) in [5.41, 5.74) is 6.32. The van der Waals surface area contributed by atoms with Crippen LogP contribution in [0.5, 0.6) is 5.75 Å². The van der Waals surface area contributed by atoms with Gasteiger partial charge in [0.1, 0.15) is 5.75 Å². The van der Waals surface area contributed by atoms with E-state index in [0.29, 0.717) is 11.2 Å². The number of aryl methyl sites for hydroxylation is 1. The molecule has 4 aliphatic carbocycles. The first-order valence-electron chi connectivity index (χ1n) is 8.29. The summed E-state index contributed by atoms with van der Waals surface area (Å²) in [6.45, 7) is 2.33. The number of benzene rings is 1. The van der Waals surface area contributed by atoms with Crippen molar-refractivity contribution < 1.29 is 10.2 Å². The number of aliphatic hydroxyl groups excluding tert-OH is 1. The van der Waals surface area contributed by atoms with E-state index in [9.17, 15) is 10.2 Å². The second-order valence-corrected chi connectivity index (χ2v) is 7.84. The summed E-state index contributed by atoms with van der Waals surface area (Å²) >= 11 is 0. The first-order valence-corrected chi connectivity index (χ1v) is 8.29. The van der Waals surface area contributed by atoms with Crippen molar-refractivity contribution in [2.24, 2.45) is 16.7 Å². The van der Waals surface area contributed by atoms with Gasteiger partial charge < -0.3 is 10.2 Å². The largest absolute Gasteiger partial charge is 0.508 e. The Kier molecular flexibility index (Phi) is 2.07. The Morgan fingerprint density at radius 2 is 2.05 bits per heavy atom. The van der Waals surface area contributed by atoms with E-state index in [1.165, 1.54) is 17.5 Å². The molecule has 1 aromatic carbocycles. The van der Waals surface area contributed by atoms with Gasteiger partial charge in [-0.15, -0.1) is 0 Å². The van der Waals surface area contributed by atoms with Crippen molar-refractivity contribution in [1.82, 2.24) is 0 Å². The zero-order valence-corrected chi connectivity index (χ0v) is 12.5. The number of hydrogen-bond acceptors (Lipinski definition) is 2. The number of hydrogen-bond donors (Lipinski definition) is 2. The van der Waals surface area contributed by atoms with E-state index in [-0.39, 0.29) is 11.5 Å². The molecule has 4 atom stereocenters. The van der Waals surface area contributed by atoms with E-state index in [1.54, 1.807) is 11.1 Å². The fraction of sp³-hybridized carbons (Fsp3) is 0.579. The molecule has 4 unspecified atom stereocenters. The molecule has 110 valence electrons.